The first-order valence-electron chi connectivity index (χ1n) is 8.13. The summed E-state index contributed by atoms with van der Waals surface area (Å²) in [6.45, 7) is 7.79. The fraction of sp³-hybridized carbons (Fsp3) is 0.733. The number of alkyl halides is 3. The molecular formula is C15H26F3IN4O2S2. The van der Waals surface area contributed by atoms with Crippen LogP contribution >= 0.6 is 35.3 Å². The minimum atomic E-state index is -4.43. The summed E-state index contributed by atoms with van der Waals surface area (Å²) < 4.78 is 60.9. The smallest absolute Gasteiger partial charge is 0.357 e. The third kappa shape index (κ3) is 8.94. The molecule has 0 fully saturated rings. The van der Waals surface area contributed by atoms with Crippen molar-refractivity contribution in [3.05, 3.63) is 16.1 Å². The monoisotopic (exact) mass is 542 g/mol. The van der Waals surface area contributed by atoms with Crippen molar-refractivity contribution in [1.29, 1.82) is 0 Å². The number of guanidine groups is 1. The van der Waals surface area contributed by atoms with Gasteiger partial charge in [0.25, 0.3) is 0 Å². The van der Waals surface area contributed by atoms with Gasteiger partial charge in [-0.15, -0.1) is 35.3 Å². The Morgan fingerprint density at radius 1 is 1.26 bits per heavy atom. The highest BCUT2D eigenvalue weighted by molar-refractivity contribution is 14.0. The molecular weight excluding hydrogens is 516 g/mol. The molecule has 158 valence electrons. The molecule has 0 aliphatic rings. The minimum absolute atomic E-state index is 0. The SMILES string of the molecule is CCNC(=NCCS(=O)(=O)C(C)(C)C)NCCc1nc(C(F)(F)F)cs1.I. The highest BCUT2D eigenvalue weighted by Gasteiger charge is 2.33. The van der Waals surface area contributed by atoms with Crippen molar-refractivity contribution in [1.82, 2.24) is 15.6 Å². The second kappa shape index (κ2) is 10.8. The number of hydrogen-bond acceptors (Lipinski definition) is 5. The van der Waals surface area contributed by atoms with Gasteiger partial charge in [0.2, 0.25) is 0 Å². The van der Waals surface area contributed by atoms with Gasteiger partial charge in [-0.1, -0.05) is 0 Å². The van der Waals surface area contributed by atoms with E-state index in [1.165, 1.54) is 0 Å². The van der Waals surface area contributed by atoms with E-state index in [0.29, 0.717) is 30.5 Å². The summed E-state index contributed by atoms with van der Waals surface area (Å²) >= 11 is 0.955. The van der Waals surface area contributed by atoms with Crippen molar-refractivity contribution in [3.63, 3.8) is 0 Å². The highest BCUT2D eigenvalue weighted by atomic mass is 127. The molecule has 2 N–H and O–H groups in total. The molecule has 0 unspecified atom stereocenters. The van der Waals surface area contributed by atoms with Crippen LogP contribution in [-0.2, 0) is 22.4 Å². The maximum absolute atomic E-state index is 12.5. The molecule has 1 rings (SSSR count). The molecule has 1 aromatic rings. The lowest BCUT2D eigenvalue weighted by atomic mass is 10.3. The fourth-order valence-corrected chi connectivity index (χ4v) is 3.52. The molecule has 0 amide bonds. The van der Waals surface area contributed by atoms with E-state index in [-0.39, 0.29) is 36.3 Å². The van der Waals surface area contributed by atoms with Crippen LogP contribution in [0.15, 0.2) is 10.4 Å². The second-order valence-corrected chi connectivity index (χ2v) is 10.3. The number of rotatable bonds is 7. The van der Waals surface area contributed by atoms with Gasteiger partial charge in [-0.25, -0.2) is 13.4 Å². The van der Waals surface area contributed by atoms with Gasteiger partial charge in [-0.05, 0) is 27.7 Å². The molecule has 1 heterocycles. The molecule has 0 aromatic carbocycles. The number of nitrogens with one attached hydrogen (secondary N) is 2. The average molecular weight is 542 g/mol. The lowest BCUT2D eigenvalue weighted by molar-refractivity contribution is -0.140. The Bertz CT molecular complexity index is 713. The van der Waals surface area contributed by atoms with Crippen molar-refractivity contribution in [2.24, 2.45) is 4.99 Å². The summed E-state index contributed by atoms with van der Waals surface area (Å²) in [7, 11) is -3.26. The van der Waals surface area contributed by atoms with E-state index in [0.717, 1.165) is 16.7 Å². The maximum Gasteiger partial charge on any atom is 0.434 e. The zero-order chi connectivity index (χ0) is 20.0. The van der Waals surface area contributed by atoms with Crippen molar-refractivity contribution >= 4 is 51.1 Å². The predicted octanol–water partition coefficient (Wildman–Crippen LogP) is 3.09. The molecule has 0 radical (unpaired) electrons. The van der Waals surface area contributed by atoms with Gasteiger partial charge >= 0.3 is 6.18 Å². The summed E-state index contributed by atoms with van der Waals surface area (Å²) in [5, 5.41) is 7.31. The average Bonchev–Trinajstić information content (AvgIpc) is 2.95. The van der Waals surface area contributed by atoms with Crippen LogP contribution in [0.3, 0.4) is 0 Å². The minimum Gasteiger partial charge on any atom is -0.357 e. The van der Waals surface area contributed by atoms with Gasteiger partial charge < -0.3 is 10.6 Å². The summed E-state index contributed by atoms with van der Waals surface area (Å²) in [5.41, 5.74) is -0.884. The van der Waals surface area contributed by atoms with E-state index in [9.17, 15) is 21.6 Å². The predicted molar refractivity (Wildman–Crippen MR) is 114 cm³/mol. The Morgan fingerprint density at radius 3 is 2.37 bits per heavy atom. The quantitative estimate of drug-likeness (QED) is 0.315. The maximum atomic E-state index is 12.5. The van der Waals surface area contributed by atoms with Crippen LogP contribution in [0.25, 0.3) is 0 Å². The first kappa shape index (κ1) is 26.4. The van der Waals surface area contributed by atoms with Gasteiger partial charge in [0, 0.05) is 24.9 Å². The topological polar surface area (TPSA) is 83.5 Å². The van der Waals surface area contributed by atoms with Crippen LogP contribution in [-0.4, -0.2) is 49.5 Å². The molecule has 6 nitrogen and oxygen atoms in total. The largest absolute Gasteiger partial charge is 0.434 e. The van der Waals surface area contributed by atoms with Crippen molar-refractivity contribution in [3.8, 4) is 0 Å². The molecule has 0 atom stereocenters. The summed E-state index contributed by atoms with van der Waals surface area (Å²) in [6, 6.07) is 0. The first-order chi connectivity index (χ1) is 11.9. The number of hydrogen-bond donors (Lipinski definition) is 2. The van der Waals surface area contributed by atoms with Crippen LogP contribution in [0.4, 0.5) is 13.2 Å². The third-order valence-electron chi connectivity index (χ3n) is 3.38. The lowest BCUT2D eigenvalue weighted by Crippen LogP contribution is -2.39. The first-order valence-corrected chi connectivity index (χ1v) is 10.7. The van der Waals surface area contributed by atoms with Crippen LogP contribution in [0.2, 0.25) is 0 Å². The van der Waals surface area contributed by atoms with Crippen LogP contribution in [0.1, 0.15) is 38.4 Å². The van der Waals surface area contributed by atoms with E-state index in [1.807, 2.05) is 6.92 Å². The molecule has 1 aromatic heterocycles. The molecule has 0 aliphatic heterocycles. The van der Waals surface area contributed by atoms with Gasteiger partial charge in [-0.3, -0.25) is 4.99 Å². The number of aliphatic imine (C=N–C) groups is 1. The fourth-order valence-electron chi connectivity index (χ4n) is 1.77. The van der Waals surface area contributed by atoms with Gasteiger partial charge in [0.1, 0.15) is 0 Å². The van der Waals surface area contributed by atoms with E-state index in [4.69, 9.17) is 0 Å². The van der Waals surface area contributed by atoms with Crippen molar-refractivity contribution in [2.45, 2.75) is 45.0 Å². The zero-order valence-corrected chi connectivity index (χ0v) is 19.6. The molecule has 0 spiro atoms. The highest BCUT2D eigenvalue weighted by Crippen LogP contribution is 2.29. The van der Waals surface area contributed by atoms with E-state index in [2.05, 4.69) is 20.6 Å². The molecule has 0 aliphatic carbocycles. The van der Waals surface area contributed by atoms with E-state index >= 15 is 0 Å². The molecule has 0 saturated heterocycles. The normalized spacial score (nSPS) is 13.2. The van der Waals surface area contributed by atoms with Gasteiger partial charge in [0.05, 0.1) is 22.1 Å². The lowest BCUT2D eigenvalue weighted by Gasteiger charge is -2.18. The standard InChI is InChI=1S/C15H25F3N4O2S2.HI/c1-5-19-13(21-8-9-26(23,24)14(2,3)4)20-7-6-12-22-11(10-25-12)15(16,17)18;/h10H,5-9H2,1-4H3,(H2,19,20,21);1H. The number of sulfone groups is 1. The van der Waals surface area contributed by atoms with E-state index < -0.39 is 26.5 Å². The number of halogens is 4. The molecule has 12 heteroatoms. The summed E-state index contributed by atoms with van der Waals surface area (Å²) in [6.07, 6.45) is -4.12. The zero-order valence-electron chi connectivity index (χ0n) is 15.7. The second-order valence-electron chi connectivity index (χ2n) is 6.49. The van der Waals surface area contributed by atoms with Crippen LogP contribution < -0.4 is 10.6 Å². The Morgan fingerprint density at radius 2 is 1.89 bits per heavy atom. The molecule has 27 heavy (non-hydrogen) atoms. The van der Waals surface area contributed by atoms with Crippen molar-refractivity contribution in [2.75, 3.05) is 25.4 Å². The van der Waals surface area contributed by atoms with Gasteiger partial charge in [-0.2, -0.15) is 13.2 Å². The Balaban J connectivity index is 0.00000676. The van der Waals surface area contributed by atoms with E-state index in [1.54, 1.807) is 20.8 Å². The Kier molecular flexibility index (Phi) is 10.5. The number of aromatic nitrogens is 1. The van der Waals surface area contributed by atoms with Crippen LogP contribution in [0.5, 0.6) is 0 Å². The van der Waals surface area contributed by atoms with Crippen molar-refractivity contribution < 1.29 is 21.6 Å². The Hall–Kier alpha value is -0.630. The summed E-state index contributed by atoms with van der Waals surface area (Å²) in [4.78, 5) is 7.77. The van der Waals surface area contributed by atoms with Crippen LogP contribution in [0, 0.1) is 0 Å². The molecule has 0 bridgehead atoms. The number of nitrogens with zero attached hydrogens (tertiary/aromatic N) is 2. The molecule has 0 saturated carbocycles. The van der Waals surface area contributed by atoms with Gasteiger partial charge in [0.15, 0.2) is 21.5 Å². The summed E-state index contributed by atoms with van der Waals surface area (Å²) in [5.74, 6) is 0.346. The Labute approximate surface area is 179 Å². The number of thiazole rings is 1. The third-order valence-corrected chi connectivity index (χ3v) is 6.88.